The highest BCUT2D eigenvalue weighted by molar-refractivity contribution is 7.09. The number of carbonyl (C=O) groups is 1. The van der Waals surface area contributed by atoms with Gasteiger partial charge in [-0.15, -0.1) is 11.3 Å². The number of pyridine rings is 1. The van der Waals surface area contributed by atoms with Gasteiger partial charge in [-0.2, -0.15) is 0 Å². The molecule has 0 aliphatic carbocycles. The van der Waals surface area contributed by atoms with Gasteiger partial charge in [-0.3, -0.25) is 14.7 Å². The molecular formula is C19H24N4OS. The van der Waals surface area contributed by atoms with E-state index in [0.29, 0.717) is 5.41 Å². The molecule has 1 amide bonds. The first-order valence-corrected chi connectivity index (χ1v) is 9.84. The van der Waals surface area contributed by atoms with E-state index < -0.39 is 0 Å². The molecule has 0 bridgehead atoms. The van der Waals surface area contributed by atoms with Gasteiger partial charge in [0.1, 0.15) is 0 Å². The first-order valence-electron chi connectivity index (χ1n) is 8.96. The number of nitrogens with zero attached hydrogens (tertiary/aromatic N) is 4. The van der Waals surface area contributed by atoms with E-state index in [1.807, 2.05) is 4.90 Å². The van der Waals surface area contributed by atoms with E-state index in [9.17, 15) is 4.79 Å². The molecule has 2 aliphatic heterocycles. The third-order valence-corrected chi connectivity index (χ3v) is 6.43. The van der Waals surface area contributed by atoms with Crippen molar-refractivity contribution >= 4 is 17.2 Å². The number of hydrogen-bond donors (Lipinski definition) is 0. The summed E-state index contributed by atoms with van der Waals surface area (Å²) in [6.07, 6.45) is 6.83. The minimum Gasteiger partial charge on any atom is -0.339 e. The van der Waals surface area contributed by atoms with Crippen LogP contribution in [0, 0.1) is 12.3 Å². The third kappa shape index (κ3) is 3.60. The summed E-state index contributed by atoms with van der Waals surface area (Å²) in [5.74, 6) is 0.144. The summed E-state index contributed by atoms with van der Waals surface area (Å²) in [5, 5.41) is 3.32. The van der Waals surface area contributed by atoms with Crippen LogP contribution in [0.5, 0.6) is 0 Å². The molecule has 0 radical (unpaired) electrons. The van der Waals surface area contributed by atoms with Gasteiger partial charge in [-0.05, 0) is 50.3 Å². The zero-order chi connectivity index (χ0) is 17.3. The summed E-state index contributed by atoms with van der Waals surface area (Å²) in [5.41, 5.74) is 2.34. The van der Waals surface area contributed by atoms with Crippen molar-refractivity contribution in [3.63, 3.8) is 0 Å². The van der Waals surface area contributed by atoms with Crippen molar-refractivity contribution < 1.29 is 4.79 Å². The average Bonchev–Trinajstić information content (AvgIpc) is 3.22. The highest BCUT2D eigenvalue weighted by atomic mass is 32.1. The van der Waals surface area contributed by atoms with Crippen LogP contribution in [0.1, 0.15) is 40.3 Å². The molecule has 0 aromatic carbocycles. The molecule has 2 aliphatic rings. The van der Waals surface area contributed by atoms with E-state index in [1.54, 1.807) is 35.9 Å². The minimum absolute atomic E-state index is 0.144. The predicted octanol–water partition coefficient (Wildman–Crippen LogP) is 2.97. The van der Waals surface area contributed by atoms with Crippen molar-refractivity contribution in [1.29, 1.82) is 0 Å². The summed E-state index contributed by atoms with van der Waals surface area (Å²) in [6.45, 7) is 7.05. The molecule has 25 heavy (non-hydrogen) atoms. The topological polar surface area (TPSA) is 49.3 Å². The van der Waals surface area contributed by atoms with Crippen LogP contribution >= 0.6 is 11.3 Å². The lowest BCUT2D eigenvalue weighted by molar-refractivity contribution is 0.0587. The Morgan fingerprint density at radius 3 is 2.60 bits per heavy atom. The quantitative estimate of drug-likeness (QED) is 0.848. The van der Waals surface area contributed by atoms with Crippen LogP contribution in [0.15, 0.2) is 29.9 Å². The van der Waals surface area contributed by atoms with Gasteiger partial charge < -0.3 is 4.90 Å². The Morgan fingerprint density at radius 2 is 1.92 bits per heavy atom. The van der Waals surface area contributed by atoms with Crippen LogP contribution in [0.2, 0.25) is 0 Å². The number of piperidine rings is 1. The molecule has 2 aromatic heterocycles. The summed E-state index contributed by atoms with van der Waals surface area (Å²) in [7, 11) is 0. The molecule has 132 valence electrons. The molecule has 5 nitrogen and oxygen atoms in total. The maximum absolute atomic E-state index is 12.6. The van der Waals surface area contributed by atoms with E-state index in [2.05, 4.69) is 27.2 Å². The Kier molecular flexibility index (Phi) is 4.56. The van der Waals surface area contributed by atoms with Gasteiger partial charge in [-0.1, -0.05) is 0 Å². The second-order valence-corrected chi connectivity index (χ2v) is 8.41. The van der Waals surface area contributed by atoms with Crippen molar-refractivity contribution in [1.82, 2.24) is 19.8 Å². The lowest BCUT2D eigenvalue weighted by Gasteiger charge is -2.39. The maximum Gasteiger partial charge on any atom is 0.253 e. The van der Waals surface area contributed by atoms with E-state index >= 15 is 0 Å². The largest absolute Gasteiger partial charge is 0.339 e. The second-order valence-electron chi connectivity index (χ2n) is 7.35. The van der Waals surface area contributed by atoms with E-state index in [0.717, 1.165) is 56.1 Å². The monoisotopic (exact) mass is 356 g/mol. The van der Waals surface area contributed by atoms with Gasteiger partial charge in [0, 0.05) is 49.5 Å². The number of amides is 1. The standard InChI is InChI=1S/C19H24N4OS/c1-15-21-17(13-25-15)12-22-9-4-19(14-22)5-10-23(11-6-19)18(24)16-2-7-20-8-3-16/h2-3,7-8,13H,4-6,9-12,14H2,1H3. The van der Waals surface area contributed by atoms with Crippen molar-refractivity contribution in [2.45, 2.75) is 32.7 Å². The molecule has 2 saturated heterocycles. The number of hydrogen-bond acceptors (Lipinski definition) is 5. The number of likely N-dealkylation sites (tertiary alicyclic amines) is 2. The molecule has 0 unspecified atom stereocenters. The molecule has 4 heterocycles. The van der Waals surface area contributed by atoms with Crippen LogP contribution in [0.4, 0.5) is 0 Å². The highest BCUT2D eigenvalue weighted by Gasteiger charge is 2.41. The van der Waals surface area contributed by atoms with E-state index in [-0.39, 0.29) is 5.91 Å². The van der Waals surface area contributed by atoms with Gasteiger partial charge in [0.2, 0.25) is 0 Å². The average molecular weight is 356 g/mol. The predicted molar refractivity (Wildman–Crippen MR) is 98.6 cm³/mol. The van der Waals surface area contributed by atoms with E-state index in [4.69, 9.17) is 0 Å². The minimum atomic E-state index is 0.144. The molecule has 0 N–H and O–H groups in total. The molecule has 0 atom stereocenters. The number of aromatic nitrogens is 2. The van der Waals surface area contributed by atoms with E-state index in [1.165, 1.54) is 12.1 Å². The summed E-state index contributed by atoms with van der Waals surface area (Å²) < 4.78 is 0. The first kappa shape index (κ1) is 16.7. The number of aryl methyl sites for hydroxylation is 1. The molecule has 1 spiro atoms. The Morgan fingerprint density at radius 1 is 1.20 bits per heavy atom. The van der Waals surface area contributed by atoms with Crippen molar-refractivity contribution in [2.24, 2.45) is 5.41 Å². The Hall–Kier alpha value is -1.79. The molecule has 0 saturated carbocycles. The maximum atomic E-state index is 12.6. The first-order chi connectivity index (χ1) is 12.1. The Balaban J connectivity index is 1.33. The molecule has 2 aromatic rings. The molecular weight excluding hydrogens is 332 g/mol. The van der Waals surface area contributed by atoms with Crippen LogP contribution in [0.3, 0.4) is 0 Å². The van der Waals surface area contributed by atoms with Crippen LogP contribution in [0.25, 0.3) is 0 Å². The Labute approximate surface area is 152 Å². The molecule has 4 rings (SSSR count). The smallest absolute Gasteiger partial charge is 0.253 e. The van der Waals surface area contributed by atoms with Crippen molar-refractivity contribution in [3.05, 3.63) is 46.2 Å². The zero-order valence-electron chi connectivity index (χ0n) is 14.6. The van der Waals surface area contributed by atoms with Gasteiger partial charge in [0.05, 0.1) is 10.7 Å². The van der Waals surface area contributed by atoms with Gasteiger partial charge in [0.15, 0.2) is 0 Å². The van der Waals surface area contributed by atoms with Crippen molar-refractivity contribution in [3.8, 4) is 0 Å². The van der Waals surface area contributed by atoms with Gasteiger partial charge in [0.25, 0.3) is 5.91 Å². The lowest BCUT2D eigenvalue weighted by atomic mass is 9.77. The fourth-order valence-corrected chi connectivity index (χ4v) is 4.75. The Bertz CT molecular complexity index is 737. The van der Waals surface area contributed by atoms with Crippen LogP contribution < -0.4 is 0 Å². The van der Waals surface area contributed by atoms with Crippen LogP contribution in [-0.2, 0) is 6.54 Å². The molecule has 6 heteroatoms. The fraction of sp³-hybridized carbons (Fsp3) is 0.526. The summed E-state index contributed by atoms with van der Waals surface area (Å²) in [4.78, 5) is 25.7. The summed E-state index contributed by atoms with van der Waals surface area (Å²) in [6, 6.07) is 3.61. The summed E-state index contributed by atoms with van der Waals surface area (Å²) >= 11 is 1.73. The van der Waals surface area contributed by atoms with Gasteiger partial charge in [-0.25, -0.2) is 4.98 Å². The normalized spacial score (nSPS) is 20.3. The lowest BCUT2D eigenvalue weighted by Crippen LogP contribution is -2.44. The number of rotatable bonds is 3. The SMILES string of the molecule is Cc1nc(CN2CCC3(CCN(C(=O)c4ccncc4)CC3)C2)cs1. The fourth-order valence-electron chi connectivity index (χ4n) is 4.14. The third-order valence-electron chi connectivity index (χ3n) is 5.61. The van der Waals surface area contributed by atoms with Crippen LogP contribution in [-0.4, -0.2) is 51.9 Å². The molecule has 2 fully saturated rings. The number of carbonyl (C=O) groups excluding carboxylic acids is 1. The number of thiazole rings is 1. The van der Waals surface area contributed by atoms with Crippen molar-refractivity contribution in [2.75, 3.05) is 26.2 Å². The highest BCUT2D eigenvalue weighted by Crippen LogP contribution is 2.41. The second kappa shape index (κ2) is 6.84. The van der Waals surface area contributed by atoms with Gasteiger partial charge >= 0.3 is 0 Å². The zero-order valence-corrected chi connectivity index (χ0v) is 15.5.